The van der Waals surface area contributed by atoms with Gasteiger partial charge in [0.1, 0.15) is 0 Å². The van der Waals surface area contributed by atoms with Gasteiger partial charge in [0.25, 0.3) is 0 Å². The molecule has 5 nitrogen and oxygen atoms in total. The third kappa shape index (κ3) is 2.49. The summed E-state index contributed by atoms with van der Waals surface area (Å²) in [4.78, 5) is 13.8. The molecule has 0 spiro atoms. The van der Waals surface area contributed by atoms with Crippen LogP contribution in [0.2, 0.25) is 0 Å². The van der Waals surface area contributed by atoms with E-state index in [1.54, 1.807) is 0 Å². The first-order chi connectivity index (χ1) is 8.63. The van der Waals surface area contributed by atoms with E-state index < -0.39 is 0 Å². The number of carbonyl (C=O) groups is 1. The van der Waals surface area contributed by atoms with Crippen LogP contribution in [0.4, 0.5) is 4.79 Å². The number of rotatable bonds is 3. The molecule has 1 N–H and O–H groups in total. The van der Waals surface area contributed by atoms with Crippen molar-refractivity contribution in [3.05, 3.63) is 17.5 Å². The first-order valence-corrected chi connectivity index (χ1v) is 6.64. The molecule has 100 valence electrons. The fraction of sp³-hybridized carbons (Fsp3) is 0.692. The van der Waals surface area contributed by atoms with Gasteiger partial charge in [-0.1, -0.05) is 19.0 Å². The predicted molar refractivity (Wildman–Crippen MR) is 68.3 cm³/mol. The standard InChI is InChI=1S/C13H21N3O2/c1-4-14-13(17)16-7-5-6-11(16)12-8-10(9(2)3)15-18-12/h8-9,11H,4-7H2,1-3H3,(H,14,17)/t11-/m0/s1. The third-order valence-electron chi connectivity index (χ3n) is 3.31. The molecule has 2 heterocycles. The lowest BCUT2D eigenvalue weighted by Gasteiger charge is -2.22. The molecular weight excluding hydrogens is 230 g/mol. The van der Waals surface area contributed by atoms with Crippen LogP contribution in [-0.4, -0.2) is 29.2 Å². The van der Waals surface area contributed by atoms with Crippen LogP contribution in [0.5, 0.6) is 0 Å². The monoisotopic (exact) mass is 251 g/mol. The Bertz CT molecular complexity index is 414. The minimum absolute atomic E-state index is 0.0116. The molecule has 5 heteroatoms. The first kappa shape index (κ1) is 12.9. The number of carbonyl (C=O) groups excluding carboxylic acids is 1. The normalized spacial score (nSPS) is 19.6. The number of aromatic nitrogens is 1. The van der Waals surface area contributed by atoms with E-state index >= 15 is 0 Å². The molecule has 0 aromatic carbocycles. The van der Waals surface area contributed by atoms with Crippen LogP contribution in [-0.2, 0) is 0 Å². The molecule has 2 rings (SSSR count). The Morgan fingerprint density at radius 2 is 2.44 bits per heavy atom. The Balaban J connectivity index is 2.12. The number of nitrogens with one attached hydrogen (secondary N) is 1. The average molecular weight is 251 g/mol. The van der Waals surface area contributed by atoms with E-state index in [0.29, 0.717) is 12.5 Å². The second-order valence-corrected chi connectivity index (χ2v) is 5.00. The van der Waals surface area contributed by atoms with E-state index in [-0.39, 0.29) is 12.1 Å². The lowest BCUT2D eigenvalue weighted by Crippen LogP contribution is -2.39. The van der Waals surface area contributed by atoms with Crippen LogP contribution < -0.4 is 5.32 Å². The molecule has 0 aliphatic carbocycles. The van der Waals surface area contributed by atoms with Gasteiger partial charge in [-0.25, -0.2) is 4.79 Å². The van der Waals surface area contributed by atoms with Crippen molar-refractivity contribution in [2.24, 2.45) is 0 Å². The van der Waals surface area contributed by atoms with Crippen molar-refractivity contribution in [1.29, 1.82) is 0 Å². The van der Waals surface area contributed by atoms with Crippen LogP contribution >= 0.6 is 0 Å². The largest absolute Gasteiger partial charge is 0.359 e. The summed E-state index contributed by atoms with van der Waals surface area (Å²) >= 11 is 0. The molecule has 18 heavy (non-hydrogen) atoms. The van der Waals surface area contributed by atoms with Crippen molar-refractivity contribution >= 4 is 6.03 Å². The summed E-state index contributed by atoms with van der Waals surface area (Å²) in [6.45, 7) is 7.52. The van der Waals surface area contributed by atoms with Crippen LogP contribution in [0.3, 0.4) is 0 Å². The highest BCUT2D eigenvalue weighted by atomic mass is 16.5. The predicted octanol–water partition coefficient (Wildman–Crippen LogP) is 2.66. The molecule has 1 aromatic rings. The highest BCUT2D eigenvalue weighted by Crippen LogP contribution is 2.33. The quantitative estimate of drug-likeness (QED) is 0.898. The summed E-state index contributed by atoms with van der Waals surface area (Å²) in [6.07, 6.45) is 1.96. The van der Waals surface area contributed by atoms with Gasteiger partial charge in [-0.05, 0) is 25.7 Å². The van der Waals surface area contributed by atoms with Crippen LogP contribution in [0.25, 0.3) is 0 Å². The smallest absolute Gasteiger partial charge is 0.318 e. The SMILES string of the molecule is CCNC(=O)N1CCC[C@H]1c1cc(C(C)C)no1. The van der Waals surface area contributed by atoms with Gasteiger partial charge in [0.2, 0.25) is 0 Å². The number of urea groups is 1. The molecule has 1 aliphatic heterocycles. The molecule has 0 saturated carbocycles. The van der Waals surface area contributed by atoms with Gasteiger partial charge < -0.3 is 14.7 Å². The lowest BCUT2D eigenvalue weighted by molar-refractivity contribution is 0.183. The summed E-state index contributed by atoms with van der Waals surface area (Å²) in [5.41, 5.74) is 0.952. The zero-order chi connectivity index (χ0) is 13.1. The molecule has 1 aromatic heterocycles. The van der Waals surface area contributed by atoms with Crippen molar-refractivity contribution in [2.75, 3.05) is 13.1 Å². The molecule has 0 unspecified atom stereocenters. The van der Waals surface area contributed by atoms with Crippen molar-refractivity contribution in [3.63, 3.8) is 0 Å². The second kappa shape index (κ2) is 5.42. The molecule has 2 amide bonds. The van der Waals surface area contributed by atoms with Crippen LogP contribution in [0.15, 0.2) is 10.6 Å². The van der Waals surface area contributed by atoms with Gasteiger partial charge in [0, 0.05) is 19.2 Å². The van der Waals surface area contributed by atoms with Gasteiger partial charge >= 0.3 is 6.03 Å². The maximum atomic E-state index is 11.9. The molecule has 1 fully saturated rings. The van der Waals surface area contributed by atoms with Crippen molar-refractivity contribution in [2.45, 2.75) is 45.6 Å². The third-order valence-corrected chi connectivity index (χ3v) is 3.31. The van der Waals surface area contributed by atoms with E-state index in [2.05, 4.69) is 24.3 Å². The summed E-state index contributed by atoms with van der Waals surface area (Å²) in [5, 5.41) is 6.91. The Labute approximate surface area is 108 Å². The van der Waals surface area contributed by atoms with Crippen molar-refractivity contribution < 1.29 is 9.32 Å². The van der Waals surface area contributed by atoms with Crippen molar-refractivity contribution in [3.8, 4) is 0 Å². The van der Waals surface area contributed by atoms with Gasteiger partial charge in [0.05, 0.1) is 11.7 Å². The molecule has 1 aliphatic rings. The van der Waals surface area contributed by atoms with Crippen LogP contribution in [0, 0.1) is 0 Å². The fourth-order valence-electron chi connectivity index (χ4n) is 2.29. The highest BCUT2D eigenvalue weighted by Gasteiger charge is 2.32. The molecule has 1 saturated heterocycles. The van der Waals surface area contributed by atoms with E-state index in [1.807, 2.05) is 17.9 Å². The van der Waals surface area contributed by atoms with Gasteiger partial charge in [-0.2, -0.15) is 0 Å². The molecule has 0 bridgehead atoms. The Morgan fingerprint density at radius 3 is 3.06 bits per heavy atom. The van der Waals surface area contributed by atoms with E-state index in [9.17, 15) is 4.79 Å². The summed E-state index contributed by atoms with van der Waals surface area (Å²) in [6, 6.07) is 2.01. The number of hydrogen-bond acceptors (Lipinski definition) is 3. The minimum Gasteiger partial charge on any atom is -0.359 e. The van der Waals surface area contributed by atoms with E-state index in [4.69, 9.17) is 4.52 Å². The topological polar surface area (TPSA) is 58.4 Å². The number of amides is 2. The van der Waals surface area contributed by atoms with Gasteiger partial charge in [0.15, 0.2) is 5.76 Å². The van der Waals surface area contributed by atoms with E-state index in [0.717, 1.165) is 30.8 Å². The summed E-state index contributed by atoms with van der Waals surface area (Å²) in [5.74, 6) is 1.16. The maximum absolute atomic E-state index is 11.9. The Kier molecular flexibility index (Phi) is 3.89. The Morgan fingerprint density at radius 1 is 1.67 bits per heavy atom. The molecule has 0 radical (unpaired) electrons. The minimum atomic E-state index is -0.0116. The molecule has 1 atom stereocenters. The average Bonchev–Trinajstić information content (AvgIpc) is 2.98. The van der Waals surface area contributed by atoms with Gasteiger partial charge in [-0.3, -0.25) is 0 Å². The lowest BCUT2D eigenvalue weighted by atomic mass is 10.1. The highest BCUT2D eigenvalue weighted by molar-refractivity contribution is 5.74. The zero-order valence-electron chi connectivity index (χ0n) is 11.3. The summed E-state index contributed by atoms with van der Waals surface area (Å²) in [7, 11) is 0. The number of hydrogen-bond donors (Lipinski definition) is 1. The zero-order valence-corrected chi connectivity index (χ0v) is 11.3. The van der Waals surface area contributed by atoms with Gasteiger partial charge in [-0.15, -0.1) is 0 Å². The number of nitrogens with zero attached hydrogens (tertiary/aromatic N) is 2. The first-order valence-electron chi connectivity index (χ1n) is 6.64. The van der Waals surface area contributed by atoms with E-state index in [1.165, 1.54) is 0 Å². The summed E-state index contributed by atoms with van der Waals surface area (Å²) < 4.78 is 5.40. The van der Waals surface area contributed by atoms with Crippen molar-refractivity contribution in [1.82, 2.24) is 15.4 Å². The number of likely N-dealkylation sites (tertiary alicyclic amines) is 1. The second-order valence-electron chi connectivity index (χ2n) is 5.00. The Hall–Kier alpha value is -1.52. The van der Waals surface area contributed by atoms with Crippen LogP contribution in [0.1, 0.15) is 57.0 Å². The maximum Gasteiger partial charge on any atom is 0.318 e. The molecular formula is C13H21N3O2. The fourth-order valence-corrected chi connectivity index (χ4v) is 2.29.